The van der Waals surface area contributed by atoms with Crippen LogP contribution in [-0.2, 0) is 4.79 Å². The summed E-state index contributed by atoms with van der Waals surface area (Å²) in [5.41, 5.74) is 0.312. The van der Waals surface area contributed by atoms with Crippen LogP contribution in [0.15, 0.2) is 18.2 Å². The standard InChI is InChI=1S/C13H16ClFN2O/c1-2-16-11-4-3-7-17(13(11)18)12-6-5-9(14)8-10(12)15/h5-6,8,11,16H,2-4,7H2,1H3. The van der Waals surface area contributed by atoms with E-state index in [1.165, 1.54) is 11.0 Å². The van der Waals surface area contributed by atoms with Crippen molar-refractivity contribution < 1.29 is 9.18 Å². The predicted molar refractivity (Wildman–Crippen MR) is 70.5 cm³/mol. The van der Waals surface area contributed by atoms with Crippen LogP contribution in [0.1, 0.15) is 19.8 Å². The number of nitrogens with one attached hydrogen (secondary N) is 1. The van der Waals surface area contributed by atoms with Crippen LogP contribution in [0.5, 0.6) is 0 Å². The lowest BCUT2D eigenvalue weighted by molar-refractivity contribution is -0.121. The molecule has 5 heteroatoms. The van der Waals surface area contributed by atoms with E-state index in [1.54, 1.807) is 12.1 Å². The van der Waals surface area contributed by atoms with Crippen LogP contribution >= 0.6 is 11.6 Å². The molecule has 0 radical (unpaired) electrons. The van der Waals surface area contributed by atoms with E-state index >= 15 is 0 Å². The van der Waals surface area contributed by atoms with Gasteiger partial charge >= 0.3 is 0 Å². The summed E-state index contributed by atoms with van der Waals surface area (Å²) in [5.74, 6) is -0.516. The van der Waals surface area contributed by atoms with E-state index in [4.69, 9.17) is 11.6 Å². The molecule has 0 spiro atoms. The molecule has 1 aromatic carbocycles. The molecule has 2 rings (SSSR count). The van der Waals surface area contributed by atoms with Gasteiger partial charge in [0.05, 0.1) is 11.7 Å². The molecule has 1 aliphatic heterocycles. The molecule has 1 N–H and O–H groups in total. The first-order chi connectivity index (χ1) is 8.63. The summed E-state index contributed by atoms with van der Waals surface area (Å²) >= 11 is 5.71. The second kappa shape index (κ2) is 5.67. The van der Waals surface area contributed by atoms with E-state index in [2.05, 4.69) is 5.32 Å². The smallest absolute Gasteiger partial charge is 0.244 e. The first kappa shape index (κ1) is 13.3. The molecule has 1 heterocycles. The Morgan fingerprint density at radius 3 is 3.00 bits per heavy atom. The maximum Gasteiger partial charge on any atom is 0.244 e. The summed E-state index contributed by atoms with van der Waals surface area (Å²) in [7, 11) is 0. The zero-order chi connectivity index (χ0) is 13.1. The molecule has 1 aliphatic rings. The second-order valence-electron chi connectivity index (χ2n) is 4.34. The predicted octanol–water partition coefficient (Wildman–Crippen LogP) is 2.58. The minimum absolute atomic E-state index is 0.0654. The van der Waals surface area contributed by atoms with Crippen LogP contribution in [0.4, 0.5) is 10.1 Å². The van der Waals surface area contributed by atoms with E-state index < -0.39 is 5.82 Å². The second-order valence-corrected chi connectivity index (χ2v) is 4.77. The van der Waals surface area contributed by atoms with Crippen molar-refractivity contribution in [1.29, 1.82) is 0 Å². The van der Waals surface area contributed by atoms with Gasteiger partial charge < -0.3 is 10.2 Å². The molecule has 1 atom stereocenters. The number of nitrogens with zero attached hydrogens (tertiary/aromatic N) is 1. The Morgan fingerprint density at radius 1 is 1.56 bits per heavy atom. The first-order valence-electron chi connectivity index (χ1n) is 6.13. The van der Waals surface area contributed by atoms with Gasteiger partial charge in [-0.2, -0.15) is 0 Å². The molecule has 0 aromatic heterocycles. The minimum Gasteiger partial charge on any atom is -0.308 e. The topological polar surface area (TPSA) is 32.3 Å². The highest BCUT2D eigenvalue weighted by Crippen LogP contribution is 2.26. The Labute approximate surface area is 111 Å². The molecule has 1 saturated heterocycles. The number of rotatable bonds is 3. The quantitative estimate of drug-likeness (QED) is 0.916. The van der Waals surface area contributed by atoms with Gasteiger partial charge in [-0.3, -0.25) is 4.79 Å². The zero-order valence-corrected chi connectivity index (χ0v) is 11.0. The van der Waals surface area contributed by atoms with Gasteiger partial charge in [-0.15, -0.1) is 0 Å². The third-order valence-electron chi connectivity index (χ3n) is 3.09. The number of anilines is 1. The summed E-state index contributed by atoms with van der Waals surface area (Å²) in [6, 6.07) is 4.19. The summed E-state index contributed by atoms with van der Waals surface area (Å²) in [6.45, 7) is 3.24. The van der Waals surface area contributed by atoms with Crippen LogP contribution in [0.3, 0.4) is 0 Å². The lowest BCUT2D eigenvalue weighted by atomic mass is 10.0. The van der Waals surface area contributed by atoms with Gasteiger partial charge in [0.2, 0.25) is 5.91 Å². The Balaban J connectivity index is 2.24. The number of hydrogen-bond donors (Lipinski definition) is 1. The molecule has 0 bridgehead atoms. The highest BCUT2D eigenvalue weighted by atomic mass is 35.5. The van der Waals surface area contributed by atoms with Crippen molar-refractivity contribution in [3.8, 4) is 0 Å². The summed E-state index contributed by atoms with van der Waals surface area (Å²) in [5, 5.41) is 3.46. The van der Waals surface area contributed by atoms with Crippen LogP contribution in [-0.4, -0.2) is 25.0 Å². The van der Waals surface area contributed by atoms with Gasteiger partial charge in [-0.1, -0.05) is 18.5 Å². The zero-order valence-electron chi connectivity index (χ0n) is 10.2. The van der Waals surface area contributed by atoms with E-state index in [0.717, 1.165) is 19.4 Å². The first-order valence-corrected chi connectivity index (χ1v) is 6.51. The number of piperidine rings is 1. The van der Waals surface area contributed by atoms with Crippen LogP contribution in [0.25, 0.3) is 0 Å². The third kappa shape index (κ3) is 2.65. The molecule has 1 aromatic rings. The molecule has 98 valence electrons. The maximum atomic E-state index is 13.8. The fraction of sp³-hybridized carbons (Fsp3) is 0.462. The summed E-state index contributed by atoms with van der Waals surface area (Å²) < 4.78 is 13.8. The van der Waals surface area contributed by atoms with Gasteiger partial charge in [0.25, 0.3) is 0 Å². The molecule has 1 fully saturated rings. The average molecular weight is 271 g/mol. The lowest BCUT2D eigenvalue weighted by Crippen LogP contribution is -2.51. The number of amides is 1. The highest BCUT2D eigenvalue weighted by Gasteiger charge is 2.30. The fourth-order valence-electron chi connectivity index (χ4n) is 2.25. The minimum atomic E-state index is -0.451. The van der Waals surface area contributed by atoms with Crippen molar-refractivity contribution >= 4 is 23.2 Å². The summed E-state index contributed by atoms with van der Waals surface area (Å²) in [6.07, 6.45) is 1.67. The van der Waals surface area contributed by atoms with Crippen molar-refractivity contribution in [1.82, 2.24) is 5.32 Å². The third-order valence-corrected chi connectivity index (χ3v) is 3.32. The molecule has 1 unspecified atom stereocenters. The van der Waals surface area contributed by atoms with Crippen molar-refractivity contribution in [2.45, 2.75) is 25.8 Å². The van der Waals surface area contributed by atoms with Crippen LogP contribution < -0.4 is 10.2 Å². The maximum absolute atomic E-state index is 13.8. The highest BCUT2D eigenvalue weighted by molar-refractivity contribution is 6.30. The summed E-state index contributed by atoms with van der Waals surface area (Å²) in [4.78, 5) is 13.7. The number of carbonyl (C=O) groups is 1. The van der Waals surface area contributed by atoms with E-state index in [1.807, 2.05) is 6.92 Å². The molecular formula is C13H16ClFN2O. The van der Waals surface area contributed by atoms with Crippen molar-refractivity contribution in [3.05, 3.63) is 29.0 Å². The van der Waals surface area contributed by atoms with Gasteiger partial charge in [0.1, 0.15) is 5.82 Å². The molecule has 3 nitrogen and oxygen atoms in total. The monoisotopic (exact) mass is 270 g/mol. The molecule has 1 amide bonds. The number of halogens is 2. The van der Waals surface area contributed by atoms with Gasteiger partial charge in [0.15, 0.2) is 0 Å². The molecule has 18 heavy (non-hydrogen) atoms. The van der Waals surface area contributed by atoms with E-state index in [9.17, 15) is 9.18 Å². The number of benzene rings is 1. The average Bonchev–Trinajstić information content (AvgIpc) is 2.33. The van der Waals surface area contributed by atoms with Crippen molar-refractivity contribution in [2.75, 3.05) is 18.0 Å². The lowest BCUT2D eigenvalue weighted by Gasteiger charge is -2.32. The van der Waals surface area contributed by atoms with E-state index in [-0.39, 0.29) is 11.9 Å². The van der Waals surface area contributed by atoms with Crippen molar-refractivity contribution in [2.24, 2.45) is 0 Å². The van der Waals surface area contributed by atoms with Gasteiger partial charge in [0, 0.05) is 11.6 Å². The van der Waals surface area contributed by atoms with Crippen LogP contribution in [0.2, 0.25) is 5.02 Å². The Hall–Kier alpha value is -1.13. The Morgan fingerprint density at radius 2 is 2.33 bits per heavy atom. The molecule has 0 saturated carbocycles. The van der Waals surface area contributed by atoms with Gasteiger partial charge in [-0.25, -0.2) is 4.39 Å². The Bertz CT molecular complexity index is 451. The largest absolute Gasteiger partial charge is 0.308 e. The normalized spacial score (nSPS) is 20.3. The van der Waals surface area contributed by atoms with Gasteiger partial charge in [-0.05, 0) is 37.6 Å². The van der Waals surface area contributed by atoms with Crippen molar-refractivity contribution in [3.63, 3.8) is 0 Å². The van der Waals surface area contributed by atoms with Crippen LogP contribution in [0, 0.1) is 5.82 Å². The molecular weight excluding hydrogens is 255 g/mol. The molecule has 0 aliphatic carbocycles. The number of hydrogen-bond acceptors (Lipinski definition) is 2. The van der Waals surface area contributed by atoms with E-state index in [0.29, 0.717) is 17.3 Å². The number of carbonyl (C=O) groups excluding carboxylic acids is 1. The number of likely N-dealkylation sites (N-methyl/N-ethyl adjacent to an activating group) is 1. The Kier molecular flexibility index (Phi) is 4.19. The SMILES string of the molecule is CCNC1CCCN(c2ccc(Cl)cc2F)C1=O. The fourth-order valence-corrected chi connectivity index (χ4v) is 2.41.